The van der Waals surface area contributed by atoms with Crippen LogP contribution in [0.3, 0.4) is 0 Å². The summed E-state index contributed by atoms with van der Waals surface area (Å²) in [7, 11) is -3.65. The van der Waals surface area contributed by atoms with Crippen LogP contribution < -0.4 is 5.32 Å². The van der Waals surface area contributed by atoms with E-state index < -0.39 is 10.0 Å². The third-order valence-electron chi connectivity index (χ3n) is 1.33. The highest BCUT2D eigenvalue weighted by molar-refractivity contribution is 7.90. The molecule has 64 valence electrons. The van der Waals surface area contributed by atoms with E-state index in [0.717, 1.165) is 6.39 Å². The maximum absolute atomic E-state index is 11.2. The fraction of sp³-hybridized carbons (Fsp3) is 0.200. The zero-order chi connectivity index (χ0) is 8.77. The van der Waals surface area contributed by atoms with Crippen molar-refractivity contribution in [1.29, 1.82) is 0 Å². The number of sulfonamides is 1. The molecule has 0 radical (unpaired) electrons. The van der Waals surface area contributed by atoms with Gasteiger partial charge in [0.25, 0.3) is 5.09 Å². The SMILES string of the molecule is CC1=NS(=O)(=O)c2ocnc2N1. The van der Waals surface area contributed by atoms with Gasteiger partial charge in [0.05, 0.1) is 0 Å². The molecule has 7 heteroatoms. The third kappa shape index (κ3) is 0.900. The molecule has 2 heterocycles. The van der Waals surface area contributed by atoms with Gasteiger partial charge in [0.1, 0.15) is 5.84 Å². The molecule has 0 aromatic carbocycles. The first kappa shape index (κ1) is 7.29. The van der Waals surface area contributed by atoms with Crippen molar-refractivity contribution in [3.8, 4) is 0 Å². The lowest BCUT2D eigenvalue weighted by molar-refractivity contribution is 0.448. The lowest BCUT2D eigenvalue weighted by atomic mass is 10.6. The predicted molar refractivity (Wildman–Crippen MR) is 40.4 cm³/mol. The van der Waals surface area contributed by atoms with Gasteiger partial charge in [0.15, 0.2) is 12.2 Å². The van der Waals surface area contributed by atoms with Crippen LogP contribution in [0.1, 0.15) is 6.92 Å². The first-order chi connectivity index (χ1) is 5.59. The fourth-order valence-corrected chi connectivity index (χ4v) is 1.92. The van der Waals surface area contributed by atoms with Crippen LogP contribution in [0.15, 0.2) is 20.3 Å². The molecule has 1 aromatic rings. The molecule has 0 unspecified atom stereocenters. The highest BCUT2D eigenvalue weighted by Crippen LogP contribution is 2.24. The topological polar surface area (TPSA) is 84.6 Å². The van der Waals surface area contributed by atoms with Crippen molar-refractivity contribution < 1.29 is 12.8 Å². The quantitative estimate of drug-likeness (QED) is 0.627. The number of fused-ring (bicyclic) bond motifs is 1. The Kier molecular flexibility index (Phi) is 1.26. The molecule has 6 nitrogen and oxygen atoms in total. The summed E-state index contributed by atoms with van der Waals surface area (Å²) in [5.41, 5.74) is 0. The molecule has 0 atom stereocenters. The highest BCUT2D eigenvalue weighted by atomic mass is 32.2. The van der Waals surface area contributed by atoms with Crippen LogP contribution in [-0.2, 0) is 10.0 Å². The smallest absolute Gasteiger partial charge is 0.321 e. The summed E-state index contributed by atoms with van der Waals surface area (Å²) >= 11 is 0. The number of nitrogens with zero attached hydrogens (tertiary/aromatic N) is 2. The second-order valence-corrected chi connectivity index (χ2v) is 3.77. The van der Waals surface area contributed by atoms with Crippen molar-refractivity contribution >= 4 is 21.7 Å². The lowest BCUT2D eigenvalue weighted by Gasteiger charge is -2.07. The summed E-state index contributed by atoms with van der Waals surface area (Å²) in [6.07, 6.45) is 1.06. The summed E-state index contributed by atoms with van der Waals surface area (Å²) in [5.74, 6) is 0.485. The number of nitrogens with one attached hydrogen (secondary N) is 1. The molecular formula is C5H5N3O3S. The molecule has 0 fully saturated rings. The summed E-state index contributed by atoms with van der Waals surface area (Å²) in [5, 5.41) is 2.43. The zero-order valence-electron chi connectivity index (χ0n) is 6.10. The highest BCUT2D eigenvalue weighted by Gasteiger charge is 2.27. The largest absolute Gasteiger partial charge is 0.428 e. The van der Waals surface area contributed by atoms with Gasteiger partial charge < -0.3 is 9.73 Å². The maximum atomic E-state index is 11.2. The Labute approximate surface area is 68.4 Å². The van der Waals surface area contributed by atoms with Crippen LogP contribution in [0.2, 0.25) is 0 Å². The van der Waals surface area contributed by atoms with E-state index >= 15 is 0 Å². The molecule has 0 aliphatic carbocycles. The van der Waals surface area contributed by atoms with Crippen LogP contribution >= 0.6 is 0 Å². The molecule has 0 bridgehead atoms. The van der Waals surface area contributed by atoms with Gasteiger partial charge in [-0.3, -0.25) is 0 Å². The maximum Gasteiger partial charge on any atom is 0.321 e. The van der Waals surface area contributed by atoms with Crippen molar-refractivity contribution in [2.45, 2.75) is 12.0 Å². The van der Waals surface area contributed by atoms with Crippen molar-refractivity contribution in [3.63, 3.8) is 0 Å². The van der Waals surface area contributed by atoms with Crippen molar-refractivity contribution in [2.24, 2.45) is 4.40 Å². The third-order valence-corrected chi connectivity index (χ3v) is 2.60. The number of rotatable bonds is 0. The average Bonchev–Trinajstić information content (AvgIpc) is 2.32. The van der Waals surface area contributed by atoms with E-state index in [0.29, 0.717) is 0 Å². The second-order valence-electron chi connectivity index (χ2n) is 2.27. The van der Waals surface area contributed by atoms with Crippen LogP contribution in [0, 0.1) is 0 Å². The molecular weight excluding hydrogens is 182 g/mol. The van der Waals surface area contributed by atoms with Crippen LogP contribution in [0.4, 0.5) is 5.82 Å². The van der Waals surface area contributed by atoms with Crippen molar-refractivity contribution in [2.75, 3.05) is 5.32 Å². The van der Waals surface area contributed by atoms with Gasteiger partial charge in [-0.2, -0.15) is 13.4 Å². The minimum atomic E-state index is -3.65. The standard InChI is InChI=1S/C5H5N3O3S/c1-3-7-4-5(11-2-6-4)12(9,10)8-3/h2H,1H3,(H,7,8). The Balaban J connectivity index is 2.72. The fourth-order valence-electron chi connectivity index (χ4n) is 0.918. The lowest BCUT2D eigenvalue weighted by Crippen LogP contribution is -2.17. The summed E-state index contributed by atoms with van der Waals surface area (Å²) < 4.78 is 30.4. The molecule has 1 aromatic heterocycles. The predicted octanol–water partition coefficient (Wildman–Crippen LogP) is 0.207. The Bertz CT molecular complexity index is 444. The molecule has 0 amide bonds. The van der Waals surface area contributed by atoms with Gasteiger partial charge in [-0.05, 0) is 6.92 Å². The number of aromatic nitrogens is 1. The zero-order valence-corrected chi connectivity index (χ0v) is 6.92. The van der Waals surface area contributed by atoms with Crippen LogP contribution in [-0.4, -0.2) is 19.2 Å². The molecule has 0 saturated heterocycles. The van der Waals surface area contributed by atoms with Crippen LogP contribution in [0.25, 0.3) is 0 Å². The number of amidine groups is 1. The molecule has 1 N–H and O–H groups in total. The van der Waals surface area contributed by atoms with Gasteiger partial charge in [0, 0.05) is 0 Å². The monoisotopic (exact) mass is 187 g/mol. The van der Waals surface area contributed by atoms with Gasteiger partial charge in [-0.1, -0.05) is 0 Å². The van der Waals surface area contributed by atoms with Crippen molar-refractivity contribution in [1.82, 2.24) is 4.98 Å². The van der Waals surface area contributed by atoms with E-state index in [-0.39, 0.29) is 16.7 Å². The molecule has 12 heavy (non-hydrogen) atoms. The summed E-state index contributed by atoms with van der Waals surface area (Å²) in [6, 6.07) is 0. The molecule has 0 spiro atoms. The first-order valence-electron chi connectivity index (χ1n) is 3.12. The minimum Gasteiger partial charge on any atom is -0.428 e. The summed E-state index contributed by atoms with van der Waals surface area (Å²) in [4.78, 5) is 3.67. The normalized spacial score (nSPS) is 19.2. The van der Waals surface area contributed by atoms with E-state index in [1.807, 2.05) is 0 Å². The summed E-state index contributed by atoms with van der Waals surface area (Å²) in [6.45, 7) is 1.54. The Hall–Kier alpha value is -1.37. The minimum absolute atomic E-state index is 0.197. The number of hydrogen-bond donors (Lipinski definition) is 1. The van der Waals surface area contributed by atoms with Crippen LogP contribution in [0.5, 0.6) is 0 Å². The van der Waals surface area contributed by atoms with E-state index in [9.17, 15) is 8.42 Å². The van der Waals surface area contributed by atoms with Gasteiger partial charge in [-0.25, -0.2) is 0 Å². The first-order valence-corrected chi connectivity index (χ1v) is 4.56. The van der Waals surface area contributed by atoms with Gasteiger partial charge in [0.2, 0.25) is 0 Å². The number of oxazole rings is 1. The molecule has 0 saturated carbocycles. The van der Waals surface area contributed by atoms with Gasteiger partial charge in [-0.15, -0.1) is 4.40 Å². The van der Waals surface area contributed by atoms with Crippen molar-refractivity contribution in [3.05, 3.63) is 6.39 Å². The van der Waals surface area contributed by atoms with E-state index in [1.54, 1.807) is 0 Å². The van der Waals surface area contributed by atoms with Gasteiger partial charge >= 0.3 is 10.0 Å². The second kappa shape index (κ2) is 2.07. The Morgan fingerprint density at radius 1 is 1.58 bits per heavy atom. The Morgan fingerprint density at radius 2 is 2.33 bits per heavy atom. The average molecular weight is 187 g/mol. The molecule has 2 rings (SSSR count). The number of anilines is 1. The van der Waals surface area contributed by atoms with E-state index in [1.165, 1.54) is 6.92 Å². The Morgan fingerprint density at radius 3 is 3.08 bits per heavy atom. The number of hydrogen-bond acceptors (Lipinski definition) is 5. The molecule has 1 aliphatic heterocycles. The molecule has 1 aliphatic rings. The van der Waals surface area contributed by atoms with E-state index in [2.05, 4.69) is 19.1 Å². The van der Waals surface area contributed by atoms with E-state index in [4.69, 9.17) is 0 Å².